The van der Waals surface area contributed by atoms with Crippen LogP contribution in [0.15, 0.2) is 35.4 Å². The number of rotatable bonds is 4. The Morgan fingerprint density at radius 3 is 2.96 bits per heavy atom. The number of para-hydroxylation sites is 2. The van der Waals surface area contributed by atoms with Gasteiger partial charge in [-0.05, 0) is 25.1 Å². The Balaban J connectivity index is 1.67. The third-order valence-corrected chi connectivity index (χ3v) is 4.19. The zero-order chi connectivity index (χ0) is 18.7. The minimum Gasteiger partial charge on any atom is -0.482 e. The average molecular weight is 351 g/mol. The molecule has 1 aliphatic heterocycles. The highest BCUT2D eigenvalue weighted by Crippen LogP contribution is 2.31. The van der Waals surface area contributed by atoms with Gasteiger partial charge in [0.1, 0.15) is 24.1 Å². The Hall–Kier alpha value is -3.60. The third-order valence-electron chi connectivity index (χ3n) is 4.19. The van der Waals surface area contributed by atoms with Gasteiger partial charge in [0.15, 0.2) is 6.61 Å². The molecule has 1 aromatic heterocycles. The second-order valence-corrected chi connectivity index (χ2v) is 5.77. The van der Waals surface area contributed by atoms with Crippen molar-refractivity contribution in [3.8, 4) is 11.8 Å². The first-order chi connectivity index (χ1) is 12.5. The smallest absolute Gasteiger partial charge is 0.265 e. The zero-order valence-corrected chi connectivity index (χ0v) is 14.4. The van der Waals surface area contributed by atoms with Crippen molar-refractivity contribution in [2.24, 2.45) is 12.1 Å². The Labute approximate surface area is 150 Å². The fourth-order valence-corrected chi connectivity index (χ4v) is 2.64. The molecule has 0 fully saturated rings. The van der Waals surface area contributed by atoms with Crippen LogP contribution >= 0.6 is 0 Å². The first-order valence-corrected chi connectivity index (χ1v) is 7.91. The number of anilines is 1. The maximum absolute atomic E-state index is 12.2. The number of benzene rings is 1. The maximum Gasteiger partial charge on any atom is 0.265 e. The molecule has 8 heteroatoms. The maximum atomic E-state index is 12.2. The van der Waals surface area contributed by atoms with Crippen LogP contribution in [-0.4, -0.2) is 35.7 Å². The first-order valence-electron chi connectivity index (χ1n) is 7.91. The summed E-state index contributed by atoms with van der Waals surface area (Å²) in [5.41, 5.74) is 5.06. The zero-order valence-electron chi connectivity index (χ0n) is 14.4. The normalized spacial score (nSPS) is 13.3. The van der Waals surface area contributed by atoms with Gasteiger partial charge >= 0.3 is 0 Å². The van der Waals surface area contributed by atoms with Crippen LogP contribution in [0.1, 0.15) is 17.0 Å². The minimum absolute atomic E-state index is 0.103. The molecule has 2 amide bonds. The quantitative estimate of drug-likeness (QED) is 0.658. The molecule has 2 aromatic rings. The summed E-state index contributed by atoms with van der Waals surface area (Å²) < 4.78 is 7.09. The van der Waals surface area contributed by atoms with Gasteiger partial charge in [-0.15, -0.1) is 0 Å². The monoisotopic (exact) mass is 351 g/mol. The number of nitriles is 1. The van der Waals surface area contributed by atoms with Crippen LogP contribution in [0.25, 0.3) is 0 Å². The lowest BCUT2D eigenvalue weighted by Crippen LogP contribution is -2.44. The standard InChI is InChI=1S/C18H17N5O3/c1-12-13(7-14(8-19)22(12)2)9-20-21-17(24)10-23-15-5-3-4-6-16(15)26-11-18(23)25/h3-7,9H,10-11H2,1-2H3,(H,21,24)/b20-9-. The van der Waals surface area contributed by atoms with Gasteiger partial charge in [0.2, 0.25) is 0 Å². The van der Waals surface area contributed by atoms with E-state index in [4.69, 9.17) is 10.00 Å². The van der Waals surface area contributed by atoms with Crippen LogP contribution in [0.2, 0.25) is 0 Å². The molecule has 0 atom stereocenters. The topological polar surface area (TPSA) is 99.7 Å². The number of hydrogen-bond acceptors (Lipinski definition) is 5. The number of fused-ring (bicyclic) bond motifs is 1. The Morgan fingerprint density at radius 1 is 1.46 bits per heavy atom. The first kappa shape index (κ1) is 17.2. The van der Waals surface area contributed by atoms with E-state index in [0.29, 0.717) is 17.1 Å². The molecular weight excluding hydrogens is 334 g/mol. The van der Waals surface area contributed by atoms with Gasteiger partial charge < -0.3 is 9.30 Å². The number of carbonyl (C=O) groups is 2. The van der Waals surface area contributed by atoms with Crippen LogP contribution in [-0.2, 0) is 16.6 Å². The van der Waals surface area contributed by atoms with Gasteiger partial charge in [-0.3, -0.25) is 14.5 Å². The lowest BCUT2D eigenvalue weighted by Gasteiger charge is -2.28. The van der Waals surface area contributed by atoms with E-state index in [2.05, 4.69) is 16.6 Å². The van der Waals surface area contributed by atoms with Crippen LogP contribution in [0.4, 0.5) is 5.69 Å². The Bertz CT molecular complexity index is 939. The van der Waals surface area contributed by atoms with Gasteiger partial charge in [-0.25, -0.2) is 5.43 Å². The molecule has 0 aliphatic carbocycles. The third kappa shape index (κ3) is 3.28. The van der Waals surface area contributed by atoms with E-state index in [0.717, 1.165) is 11.3 Å². The number of nitrogens with one attached hydrogen (secondary N) is 1. The van der Waals surface area contributed by atoms with Crippen LogP contribution in [0.3, 0.4) is 0 Å². The molecular formula is C18H17N5O3. The summed E-state index contributed by atoms with van der Waals surface area (Å²) in [6, 6.07) is 10.8. The lowest BCUT2D eigenvalue weighted by molar-refractivity contribution is -0.125. The number of amides is 2. The number of aromatic nitrogens is 1. The molecule has 26 heavy (non-hydrogen) atoms. The van der Waals surface area contributed by atoms with Gasteiger partial charge in [0.25, 0.3) is 11.8 Å². The largest absolute Gasteiger partial charge is 0.482 e. The highest BCUT2D eigenvalue weighted by molar-refractivity contribution is 6.02. The van der Waals surface area contributed by atoms with E-state index in [-0.39, 0.29) is 19.1 Å². The molecule has 1 aromatic carbocycles. The van der Waals surface area contributed by atoms with Crippen molar-refractivity contribution in [1.29, 1.82) is 5.26 Å². The molecule has 1 aliphatic rings. The van der Waals surface area contributed by atoms with Crippen molar-refractivity contribution in [2.45, 2.75) is 6.92 Å². The van der Waals surface area contributed by atoms with Crippen LogP contribution in [0, 0.1) is 18.3 Å². The van der Waals surface area contributed by atoms with Crippen LogP contribution < -0.4 is 15.1 Å². The van der Waals surface area contributed by atoms with Gasteiger partial charge in [-0.1, -0.05) is 12.1 Å². The van der Waals surface area contributed by atoms with Crippen molar-refractivity contribution in [3.63, 3.8) is 0 Å². The number of ether oxygens (including phenoxy) is 1. The lowest BCUT2D eigenvalue weighted by atomic mass is 10.2. The molecule has 0 spiro atoms. The SMILES string of the molecule is Cc1c(/C=N\NC(=O)CN2C(=O)COc3ccccc32)cc(C#N)n1C. The molecule has 0 saturated carbocycles. The van der Waals surface area contributed by atoms with E-state index in [1.807, 2.05) is 6.92 Å². The van der Waals surface area contributed by atoms with Crippen molar-refractivity contribution < 1.29 is 14.3 Å². The molecule has 0 saturated heterocycles. The predicted molar refractivity (Wildman–Crippen MR) is 94.9 cm³/mol. The highest BCUT2D eigenvalue weighted by atomic mass is 16.5. The number of carbonyl (C=O) groups excluding carboxylic acids is 2. The Kier molecular flexibility index (Phi) is 4.71. The van der Waals surface area contributed by atoms with Crippen molar-refractivity contribution >= 4 is 23.7 Å². The minimum atomic E-state index is -0.430. The summed E-state index contributed by atoms with van der Waals surface area (Å²) >= 11 is 0. The number of nitrogens with zero attached hydrogens (tertiary/aromatic N) is 4. The van der Waals surface area contributed by atoms with E-state index in [1.54, 1.807) is 41.9 Å². The second-order valence-electron chi connectivity index (χ2n) is 5.77. The van der Waals surface area contributed by atoms with E-state index < -0.39 is 5.91 Å². The summed E-state index contributed by atoms with van der Waals surface area (Å²) in [5, 5.41) is 12.9. The molecule has 3 rings (SSSR count). The average Bonchev–Trinajstić information content (AvgIpc) is 2.92. The fourth-order valence-electron chi connectivity index (χ4n) is 2.64. The highest BCUT2D eigenvalue weighted by Gasteiger charge is 2.26. The van der Waals surface area contributed by atoms with Gasteiger partial charge in [0, 0.05) is 18.3 Å². The van der Waals surface area contributed by atoms with E-state index >= 15 is 0 Å². The molecule has 1 N–H and O–H groups in total. The van der Waals surface area contributed by atoms with Crippen molar-refractivity contribution in [1.82, 2.24) is 9.99 Å². The number of hydrogen-bond donors (Lipinski definition) is 1. The summed E-state index contributed by atoms with van der Waals surface area (Å²) in [5.74, 6) is -0.159. The molecule has 0 unspecified atom stereocenters. The summed E-state index contributed by atoms with van der Waals surface area (Å²) in [6.07, 6.45) is 1.48. The molecule has 132 valence electrons. The van der Waals surface area contributed by atoms with Gasteiger partial charge in [0.05, 0.1) is 11.9 Å². The Morgan fingerprint density at radius 2 is 2.23 bits per heavy atom. The van der Waals surface area contributed by atoms with Crippen molar-refractivity contribution in [2.75, 3.05) is 18.1 Å². The van der Waals surface area contributed by atoms with E-state index in [1.165, 1.54) is 11.1 Å². The van der Waals surface area contributed by atoms with Crippen LogP contribution in [0.5, 0.6) is 5.75 Å². The fraction of sp³-hybridized carbons (Fsp3) is 0.222. The van der Waals surface area contributed by atoms with Gasteiger partial charge in [-0.2, -0.15) is 10.4 Å². The number of hydrazone groups is 1. The second kappa shape index (κ2) is 7.11. The van der Waals surface area contributed by atoms with Crippen molar-refractivity contribution in [3.05, 3.63) is 47.3 Å². The molecule has 0 radical (unpaired) electrons. The summed E-state index contributed by atoms with van der Waals surface area (Å²) in [6.45, 7) is 1.59. The summed E-state index contributed by atoms with van der Waals surface area (Å²) in [7, 11) is 1.78. The molecule has 2 heterocycles. The van der Waals surface area contributed by atoms with E-state index in [9.17, 15) is 9.59 Å². The summed E-state index contributed by atoms with van der Waals surface area (Å²) in [4.78, 5) is 25.6. The molecule has 8 nitrogen and oxygen atoms in total. The predicted octanol–water partition coefficient (Wildman–Crippen LogP) is 1.08. The molecule has 0 bridgehead atoms.